The monoisotopic (exact) mass is 402 g/mol. The van der Waals surface area contributed by atoms with Crippen molar-refractivity contribution < 1.29 is 9.53 Å². The van der Waals surface area contributed by atoms with Gasteiger partial charge in [0, 0.05) is 36.3 Å². The summed E-state index contributed by atoms with van der Waals surface area (Å²) in [7, 11) is 0. The molecule has 0 saturated carbocycles. The fourth-order valence-corrected chi connectivity index (χ4v) is 3.31. The van der Waals surface area contributed by atoms with E-state index in [0.29, 0.717) is 5.75 Å². The van der Waals surface area contributed by atoms with E-state index in [-0.39, 0.29) is 12.5 Å². The Morgan fingerprint density at radius 3 is 2.40 bits per heavy atom. The van der Waals surface area contributed by atoms with Crippen LogP contribution in [0.1, 0.15) is 11.1 Å². The number of rotatable bonds is 4. The van der Waals surface area contributed by atoms with Gasteiger partial charge in [0.25, 0.3) is 5.91 Å². The van der Waals surface area contributed by atoms with E-state index in [2.05, 4.69) is 52.9 Å². The predicted octanol–water partition coefficient (Wildman–Crippen LogP) is 3.79. The summed E-state index contributed by atoms with van der Waals surface area (Å²) >= 11 is 3.39. The van der Waals surface area contributed by atoms with E-state index < -0.39 is 0 Å². The first-order chi connectivity index (χ1) is 12.0. The molecular weight excluding hydrogens is 380 g/mol. The van der Waals surface area contributed by atoms with E-state index in [4.69, 9.17) is 4.74 Å². The third kappa shape index (κ3) is 4.34. The Morgan fingerprint density at radius 1 is 1.04 bits per heavy atom. The molecule has 0 radical (unpaired) electrons. The van der Waals surface area contributed by atoms with Crippen LogP contribution >= 0.6 is 15.9 Å². The van der Waals surface area contributed by atoms with Crippen molar-refractivity contribution in [1.82, 2.24) is 4.90 Å². The van der Waals surface area contributed by atoms with Gasteiger partial charge in [0.15, 0.2) is 6.61 Å². The van der Waals surface area contributed by atoms with Crippen molar-refractivity contribution in [3.8, 4) is 5.75 Å². The molecule has 0 N–H and O–H groups in total. The molecule has 2 aromatic rings. The van der Waals surface area contributed by atoms with Gasteiger partial charge in [-0.15, -0.1) is 0 Å². The molecule has 0 aliphatic carbocycles. The Kier molecular flexibility index (Phi) is 5.63. The van der Waals surface area contributed by atoms with Crippen LogP contribution < -0.4 is 9.64 Å². The minimum Gasteiger partial charge on any atom is -0.484 e. The van der Waals surface area contributed by atoms with Crippen molar-refractivity contribution in [3.05, 3.63) is 58.1 Å². The molecule has 1 aliphatic rings. The van der Waals surface area contributed by atoms with Gasteiger partial charge in [0.2, 0.25) is 0 Å². The van der Waals surface area contributed by atoms with E-state index in [1.54, 1.807) is 0 Å². The van der Waals surface area contributed by atoms with E-state index in [1.807, 2.05) is 29.2 Å². The molecule has 25 heavy (non-hydrogen) atoms. The zero-order valence-electron chi connectivity index (χ0n) is 14.7. The largest absolute Gasteiger partial charge is 0.484 e. The second-order valence-corrected chi connectivity index (χ2v) is 7.25. The van der Waals surface area contributed by atoms with Gasteiger partial charge in [-0.3, -0.25) is 4.79 Å². The molecular formula is C20H23BrN2O2. The number of hydrogen-bond acceptors (Lipinski definition) is 3. The lowest BCUT2D eigenvalue weighted by atomic mass is 10.1. The van der Waals surface area contributed by atoms with Gasteiger partial charge in [-0.05, 0) is 55.3 Å². The molecule has 1 saturated heterocycles. The van der Waals surface area contributed by atoms with Gasteiger partial charge in [-0.25, -0.2) is 0 Å². The minimum atomic E-state index is 0.0449. The Bertz CT molecular complexity index is 738. The topological polar surface area (TPSA) is 32.8 Å². The number of aryl methyl sites for hydroxylation is 1. The number of anilines is 1. The summed E-state index contributed by atoms with van der Waals surface area (Å²) in [5, 5.41) is 0. The van der Waals surface area contributed by atoms with E-state index >= 15 is 0 Å². The Labute approximate surface area is 157 Å². The normalized spacial score (nSPS) is 14.5. The van der Waals surface area contributed by atoms with Crippen LogP contribution in [0.25, 0.3) is 0 Å². The van der Waals surface area contributed by atoms with Crippen molar-refractivity contribution in [2.75, 3.05) is 37.7 Å². The summed E-state index contributed by atoms with van der Waals surface area (Å²) in [5.41, 5.74) is 3.90. The fraction of sp³-hybridized carbons (Fsp3) is 0.350. The van der Waals surface area contributed by atoms with Crippen LogP contribution in [0.5, 0.6) is 5.75 Å². The maximum Gasteiger partial charge on any atom is 0.260 e. The molecule has 0 atom stereocenters. The maximum absolute atomic E-state index is 12.4. The number of piperazine rings is 1. The lowest BCUT2D eigenvalue weighted by Gasteiger charge is -2.37. The third-order valence-electron chi connectivity index (χ3n) is 4.73. The molecule has 132 valence electrons. The van der Waals surface area contributed by atoms with Crippen molar-refractivity contribution in [2.24, 2.45) is 0 Å². The Hall–Kier alpha value is -2.01. The van der Waals surface area contributed by atoms with Crippen molar-refractivity contribution >= 4 is 27.5 Å². The molecule has 1 aliphatic heterocycles. The molecule has 0 spiro atoms. The van der Waals surface area contributed by atoms with E-state index in [1.165, 1.54) is 16.8 Å². The zero-order valence-corrected chi connectivity index (χ0v) is 16.3. The molecule has 3 rings (SSSR count). The summed E-state index contributed by atoms with van der Waals surface area (Å²) in [6.45, 7) is 7.56. The summed E-state index contributed by atoms with van der Waals surface area (Å²) < 4.78 is 6.59. The van der Waals surface area contributed by atoms with Crippen LogP contribution in [0.2, 0.25) is 0 Å². The molecule has 0 bridgehead atoms. The first-order valence-corrected chi connectivity index (χ1v) is 9.31. The maximum atomic E-state index is 12.4. The zero-order chi connectivity index (χ0) is 17.8. The first-order valence-electron chi connectivity index (χ1n) is 8.52. The molecule has 5 heteroatoms. The second kappa shape index (κ2) is 7.91. The summed E-state index contributed by atoms with van der Waals surface area (Å²) in [5.74, 6) is 0.758. The lowest BCUT2D eigenvalue weighted by Crippen LogP contribution is -2.50. The number of carbonyl (C=O) groups excluding carboxylic acids is 1. The van der Waals surface area contributed by atoms with Crippen LogP contribution in [0, 0.1) is 13.8 Å². The minimum absolute atomic E-state index is 0.0449. The molecule has 1 heterocycles. The Balaban J connectivity index is 1.52. The molecule has 0 aromatic heterocycles. The number of benzene rings is 2. The van der Waals surface area contributed by atoms with Crippen molar-refractivity contribution in [1.29, 1.82) is 0 Å². The van der Waals surface area contributed by atoms with Gasteiger partial charge in [-0.2, -0.15) is 0 Å². The van der Waals surface area contributed by atoms with Crippen LogP contribution in [0.3, 0.4) is 0 Å². The number of ether oxygens (including phenoxy) is 1. The Morgan fingerprint density at radius 2 is 1.72 bits per heavy atom. The number of amides is 1. The number of carbonyl (C=O) groups is 1. The average molecular weight is 403 g/mol. The molecule has 1 amide bonds. The molecule has 1 fully saturated rings. The first kappa shape index (κ1) is 17.8. The molecule has 4 nitrogen and oxygen atoms in total. The van der Waals surface area contributed by atoms with Crippen molar-refractivity contribution in [3.63, 3.8) is 0 Å². The number of hydrogen-bond donors (Lipinski definition) is 0. The standard InChI is InChI=1S/C20H23BrN2O2/c1-15-4-3-5-19(16(15)2)22-10-12-23(13-11-22)20(24)14-25-18-8-6-17(21)7-9-18/h3-9H,10-14H2,1-2H3. The number of halogens is 1. The predicted molar refractivity (Wildman–Crippen MR) is 104 cm³/mol. The van der Waals surface area contributed by atoms with Gasteiger partial charge in [-0.1, -0.05) is 28.1 Å². The van der Waals surface area contributed by atoms with E-state index in [9.17, 15) is 4.79 Å². The van der Waals surface area contributed by atoms with Crippen molar-refractivity contribution in [2.45, 2.75) is 13.8 Å². The summed E-state index contributed by atoms with van der Waals surface area (Å²) in [4.78, 5) is 16.6. The van der Waals surface area contributed by atoms with Crippen LogP contribution in [-0.4, -0.2) is 43.6 Å². The van der Waals surface area contributed by atoms with Gasteiger partial charge < -0.3 is 14.5 Å². The van der Waals surface area contributed by atoms with Gasteiger partial charge in [0.1, 0.15) is 5.75 Å². The summed E-state index contributed by atoms with van der Waals surface area (Å²) in [6.07, 6.45) is 0. The van der Waals surface area contributed by atoms with Crippen LogP contribution in [-0.2, 0) is 4.79 Å². The van der Waals surface area contributed by atoms with Crippen LogP contribution in [0.4, 0.5) is 5.69 Å². The average Bonchev–Trinajstić information content (AvgIpc) is 2.63. The summed E-state index contributed by atoms with van der Waals surface area (Å²) in [6, 6.07) is 13.9. The van der Waals surface area contributed by atoms with Gasteiger partial charge >= 0.3 is 0 Å². The lowest BCUT2D eigenvalue weighted by molar-refractivity contribution is -0.133. The molecule has 2 aromatic carbocycles. The highest BCUT2D eigenvalue weighted by Crippen LogP contribution is 2.24. The van der Waals surface area contributed by atoms with E-state index in [0.717, 1.165) is 30.7 Å². The highest BCUT2D eigenvalue weighted by molar-refractivity contribution is 9.10. The SMILES string of the molecule is Cc1cccc(N2CCN(C(=O)COc3ccc(Br)cc3)CC2)c1C. The third-order valence-corrected chi connectivity index (χ3v) is 5.25. The highest BCUT2D eigenvalue weighted by Gasteiger charge is 2.22. The quantitative estimate of drug-likeness (QED) is 0.779. The smallest absolute Gasteiger partial charge is 0.260 e. The second-order valence-electron chi connectivity index (χ2n) is 6.33. The van der Waals surface area contributed by atoms with Gasteiger partial charge in [0.05, 0.1) is 0 Å². The highest BCUT2D eigenvalue weighted by atomic mass is 79.9. The fourth-order valence-electron chi connectivity index (χ4n) is 3.04. The van der Waals surface area contributed by atoms with Crippen LogP contribution in [0.15, 0.2) is 46.9 Å². The molecule has 0 unspecified atom stereocenters. The number of nitrogens with zero attached hydrogens (tertiary/aromatic N) is 2.